The molecule has 1 atom stereocenters. The first kappa shape index (κ1) is 10.4. The Hall–Kier alpha value is -0.680. The van der Waals surface area contributed by atoms with E-state index < -0.39 is 6.10 Å². The molecule has 0 bridgehead atoms. The quantitative estimate of drug-likeness (QED) is 0.714. The summed E-state index contributed by atoms with van der Waals surface area (Å²) in [6.07, 6.45) is 4.14. The average Bonchev–Trinajstić information content (AvgIpc) is 2.10. The third-order valence-corrected chi connectivity index (χ3v) is 2.41. The van der Waals surface area contributed by atoms with E-state index in [1.54, 1.807) is 19.1 Å². The van der Waals surface area contributed by atoms with Crippen molar-refractivity contribution in [3.63, 3.8) is 0 Å². The molecule has 0 aliphatic rings. The first-order chi connectivity index (χ1) is 6.06. The van der Waals surface area contributed by atoms with Crippen LogP contribution < -0.4 is 0 Å². The fourth-order valence-corrected chi connectivity index (χ4v) is 1.55. The van der Waals surface area contributed by atoms with Crippen LogP contribution in [0, 0.1) is 19.3 Å². The summed E-state index contributed by atoms with van der Waals surface area (Å²) in [5.41, 5.74) is 1.34. The van der Waals surface area contributed by atoms with Gasteiger partial charge >= 0.3 is 0 Å². The van der Waals surface area contributed by atoms with Gasteiger partial charge in [0.2, 0.25) is 0 Å². The van der Waals surface area contributed by atoms with Crippen molar-refractivity contribution in [2.45, 2.75) is 13.0 Å². The molecule has 0 radical (unpaired) electrons. The molecule has 0 aromatic heterocycles. The monoisotopic (exact) mass is 214 g/mol. The van der Waals surface area contributed by atoms with Gasteiger partial charge in [-0.25, -0.2) is 0 Å². The Kier molecular flexibility index (Phi) is 3.22. The Morgan fingerprint density at radius 3 is 2.62 bits per heavy atom. The molecule has 13 heavy (non-hydrogen) atoms. The molecule has 1 unspecified atom stereocenters. The Morgan fingerprint density at radius 2 is 2.08 bits per heavy atom. The Labute approximate surface area is 87.3 Å². The molecule has 0 spiro atoms. The lowest BCUT2D eigenvalue weighted by Crippen LogP contribution is -1.97. The summed E-state index contributed by atoms with van der Waals surface area (Å²) in [4.78, 5) is 0. The first-order valence-electron chi connectivity index (χ1n) is 3.66. The Balaban J connectivity index is 3.30. The van der Waals surface area contributed by atoms with Crippen LogP contribution in [0.25, 0.3) is 0 Å². The minimum absolute atomic E-state index is 0.472. The van der Waals surface area contributed by atoms with Crippen LogP contribution in [-0.2, 0) is 0 Å². The Bertz CT molecular complexity index is 366. The lowest BCUT2D eigenvalue weighted by atomic mass is 10.0. The van der Waals surface area contributed by atoms with Gasteiger partial charge in [0.15, 0.2) is 0 Å². The molecule has 0 aliphatic heterocycles. The van der Waals surface area contributed by atoms with Gasteiger partial charge in [0.05, 0.1) is 0 Å². The van der Waals surface area contributed by atoms with Crippen LogP contribution in [0.5, 0.6) is 0 Å². The summed E-state index contributed by atoms with van der Waals surface area (Å²) in [5.74, 6) is 2.21. The third-order valence-electron chi connectivity index (χ3n) is 1.80. The predicted octanol–water partition coefficient (Wildman–Crippen LogP) is 2.97. The van der Waals surface area contributed by atoms with Crippen molar-refractivity contribution < 1.29 is 5.11 Å². The van der Waals surface area contributed by atoms with Crippen molar-refractivity contribution in [1.29, 1.82) is 0 Å². The fourth-order valence-electron chi connectivity index (χ4n) is 1.04. The second kappa shape index (κ2) is 4.02. The van der Waals surface area contributed by atoms with Crippen LogP contribution in [0.3, 0.4) is 0 Å². The van der Waals surface area contributed by atoms with Gasteiger partial charge in [-0.3, -0.25) is 0 Å². The molecule has 68 valence electrons. The van der Waals surface area contributed by atoms with Crippen LogP contribution in [-0.4, -0.2) is 5.11 Å². The van der Waals surface area contributed by atoms with Crippen molar-refractivity contribution >= 4 is 23.2 Å². The normalized spacial score (nSPS) is 12.2. The molecule has 1 aromatic rings. The van der Waals surface area contributed by atoms with E-state index in [0.717, 1.165) is 5.56 Å². The minimum Gasteiger partial charge on any atom is -0.376 e. The zero-order valence-electron chi connectivity index (χ0n) is 7.01. The highest BCUT2D eigenvalue weighted by Gasteiger charge is 2.10. The van der Waals surface area contributed by atoms with E-state index in [1.807, 2.05) is 0 Å². The molecule has 1 nitrogen and oxygen atoms in total. The number of hydrogen-bond acceptors (Lipinski definition) is 1. The number of benzene rings is 1. The SMILES string of the molecule is C#CC(O)c1cc(Cl)cc(Cl)c1C. The average molecular weight is 215 g/mol. The molecule has 3 heteroatoms. The van der Waals surface area contributed by atoms with Crippen molar-refractivity contribution in [3.8, 4) is 12.3 Å². The highest BCUT2D eigenvalue weighted by molar-refractivity contribution is 6.35. The van der Waals surface area contributed by atoms with Crippen LogP contribution in [0.4, 0.5) is 0 Å². The molecule has 0 saturated carbocycles. The maximum Gasteiger partial charge on any atom is 0.140 e. The van der Waals surface area contributed by atoms with Gasteiger partial charge in [0.1, 0.15) is 6.10 Å². The number of terminal acetylenes is 1. The fraction of sp³-hybridized carbons (Fsp3) is 0.200. The lowest BCUT2D eigenvalue weighted by molar-refractivity contribution is 0.238. The summed E-state index contributed by atoms with van der Waals surface area (Å²) in [6, 6.07) is 3.23. The third kappa shape index (κ3) is 2.16. The molecule has 0 heterocycles. The number of aliphatic hydroxyl groups is 1. The van der Waals surface area contributed by atoms with E-state index in [-0.39, 0.29) is 0 Å². The van der Waals surface area contributed by atoms with E-state index >= 15 is 0 Å². The molecule has 0 fully saturated rings. The number of halogens is 2. The van der Waals surface area contributed by atoms with Crippen LogP contribution in [0.2, 0.25) is 10.0 Å². The summed E-state index contributed by atoms with van der Waals surface area (Å²) in [5, 5.41) is 10.4. The maximum atomic E-state index is 9.41. The zero-order chi connectivity index (χ0) is 10.0. The zero-order valence-corrected chi connectivity index (χ0v) is 8.52. The number of aliphatic hydroxyl groups excluding tert-OH is 1. The summed E-state index contributed by atoms with van der Waals surface area (Å²) < 4.78 is 0. The van der Waals surface area contributed by atoms with Gasteiger partial charge in [0, 0.05) is 10.0 Å². The van der Waals surface area contributed by atoms with Gasteiger partial charge in [-0.2, -0.15) is 0 Å². The van der Waals surface area contributed by atoms with Crippen LogP contribution in [0.15, 0.2) is 12.1 Å². The van der Waals surface area contributed by atoms with E-state index in [2.05, 4.69) is 5.92 Å². The largest absolute Gasteiger partial charge is 0.376 e. The molecule has 1 aromatic carbocycles. The highest BCUT2D eigenvalue weighted by atomic mass is 35.5. The molecule has 0 saturated heterocycles. The molecule has 1 N–H and O–H groups in total. The number of hydrogen-bond donors (Lipinski definition) is 1. The summed E-state index contributed by atoms with van der Waals surface area (Å²) in [6.45, 7) is 1.79. The van der Waals surface area contributed by atoms with E-state index in [4.69, 9.17) is 29.6 Å². The van der Waals surface area contributed by atoms with E-state index in [9.17, 15) is 5.11 Å². The smallest absolute Gasteiger partial charge is 0.140 e. The van der Waals surface area contributed by atoms with Gasteiger partial charge < -0.3 is 5.11 Å². The van der Waals surface area contributed by atoms with Crippen molar-refractivity contribution in [2.24, 2.45) is 0 Å². The van der Waals surface area contributed by atoms with Gasteiger partial charge in [0.25, 0.3) is 0 Å². The topological polar surface area (TPSA) is 20.2 Å². The Morgan fingerprint density at radius 1 is 1.46 bits per heavy atom. The van der Waals surface area contributed by atoms with Crippen molar-refractivity contribution in [1.82, 2.24) is 0 Å². The van der Waals surface area contributed by atoms with Gasteiger partial charge in [-0.05, 0) is 30.2 Å². The first-order valence-corrected chi connectivity index (χ1v) is 4.41. The summed E-state index contributed by atoms with van der Waals surface area (Å²) >= 11 is 11.6. The van der Waals surface area contributed by atoms with Crippen LogP contribution in [0.1, 0.15) is 17.2 Å². The lowest BCUT2D eigenvalue weighted by Gasteiger charge is -2.09. The molecule has 0 aliphatic carbocycles. The standard InChI is InChI=1S/C10H8Cl2O/c1-3-10(13)8-4-7(11)5-9(12)6(8)2/h1,4-5,10,13H,2H3. The molecular formula is C10H8Cl2O. The second-order valence-corrected chi connectivity index (χ2v) is 3.51. The van der Waals surface area contributed by atoms with E-state index in [1.165, 1.54) is 0 Å². The van der Waals surface area contributed by atoms with Crippen molar-refractivity contribution in [2.75, 3.05) is 0 Å². The predicted molar refractivity (Wildman–Crippen MR) is 55.0 cm³/mol. The van der Waals surface area contributed by atoms with Crippen LogP contribution >= 0.6 is 23.2 Å². The highest BCUT2D eigenvalue weighted by Crippen LogP contribution is 2.28. The van der Waals surface area contributed by atoms with E-state index in [0.29, 0.717) is 15.6 Å². The minimum atomic E-state index is -0.948. The van der Waals surface area contributed by atoms with Gasteiger partial charge in [-0.1, -0.05) is 29.1 Å². The molecular weight excluding hydrogens is 207 g/mol. The van der Waals surface area contributed by atoms with Crippen molar-refractivity contribution in [3.05, 3.63) is 33.3 Å². The number of rotatable bonds is 1. The second-order valence-electron chi connectivity index (χ2n) is 2.67. The van der Waals surface area contributed by atoms with Gasteiger partial charge in [-0.15, -0.1) is 6.42 Å². The summed E-state index contributed by atoms with van der Waals surface area (Å²) in [7, 11) is 0. The molecule has 1 rings (SSSR count). The maximum absolute atomic E-state index is 9.41. The molecule has 0 amide bonds.